The number of carbonyl (C=O) groups excluding carboxylic acids is 2. The van der Waals surface area contributed by atoms with Crippen molar-refractivity contribution in [2.75, 3.05) is 23.0 Å². The highest BCUT2D eigenvalue weighted by Crippen LogP contribution is 2.27. The molecular formula is C20H20N4O3S2. The van der Waals surface area contributed by atoms with Gasteiger partial charge in [0.2, 0.25) is 11.0 Å². The summed E-state index contributed by atoms with van der Waals surface area (Å²) in [6.07, 6.45) is 0. The molecule has 0 aliphatic carbocycles. The summed E-state index contributed by atoms with van der Waals surface area (Å²) in [6, 6.07) is 14.5. The molecule has 0 unspecified atom stereocenters. The lowest BCUT2D eigenvalue weighted by Crippen LogP contribution is -2.14. The molecule has 0 saturated heterocycles. The summed E-state index contributed by atoms with van der Waals surface area (Å²) in [5, 5.41) is 13.9. The van der Waals surface area contributed by atoms with Gasteiger partial charge >= 0.3 is 0 Å². The fourth-order valence-electron chi connectivity index (χ4n) is 2.36. The third-order valence-electron chi connectivity index (χ3n) is 3.73. The highest BCUT2D eigenvalue weighted by molar-refractivity contribution is 8.01. The van der Waals surface area contributed by atoms with Gasteiger partial charge in [0.15, 0.2) is 4.34 Å². The van der Waals surface area contributed by atoms with Crippen molar-refractivity contribution in [2.24, 2.45) is 0 Å². The molecule has 0 atom stereocenters. The molecule has 9 heteroatoms. The van der Waals surface area contributed by atoms with Crippen LogP contribution >= 0.6 is 23.1 Å². The number of thioether (sulfide) groups is 1. The predicted molar refractivity (Wildman–Crippen MR) is 116 cm³/mol. The monoisotopic (exact) mass is 428 g/mol. The number of nitrogens with zero attached hydrogens (tertiary/aromatic N) is 2. The van der Waals surface area contributed by atoms with Gasteiger partial charge in [0, 0.05) is 5.56 Å². The van der Waals surface area contributed by atoms with Crippen LogP contribution in [0.3, 0.4) is 0 Å². The Morgan fingerprint density at radius 2 is 1.83 bits per heavy atom. The van der Waals surface area contributed by atoms with Crippen LogP contribution in [0.15, 0.2) is 52.9 Å². The Morgan fingerprint density at radius 3 is 2.59 bits per heavy atom. The number of para-hydroxylation sites is 2. The molecule has 150 valence electrons. The van der Waals surface area contributed by atoms with Gasteiger partial charge in [-0.1, -0.05) is 52.9 Å². The van der Waals surface area contributed by atoms with E-state index in [1.165, 1.54) is 23.1 Å². The number of hydrogen-bond donors (Lipinski definition) is 2. The van der Waals surface area contributed by atoms with Crippen molar-refractivity contribution in [3.63, 3.8) is 0 Å². The zero-order chi connectivity index (χ0) is 20.6. The van der Waals surface area contributed by atoms with Gasteiger partial charge < -0.3 is 10.1 Å². The zero-order valence-corrected chi connectivity index (χ0v) is 17.6. The normalized spacial score (nSPS) is 10.4. The number of rotatable bonds is 8. The van der Waals surface area contributed by atoms with Crippen LogP contribution < -0.4 is 15.4 Å². The van der Waals surface area contributed by atoms with Gasteiger partial charge in [-0.05, 0) is 38.1 Å². The Labute approximate surface area is 176 Å². The maximum absolute atomic E-state index is 12.2. The van der Waals surface area contributed by atoms with Gasteiger partial charge in [0.25, 0.3) is 5.91 Å². The van der Waals surface area contributed by atoms with Gasteiger partial charge in [0.05, 0.1) is 18.0 Å². The third kappa shape index (κ3) is 6.03. The summed E-state index contributed by atoms with van der Waals surface area (Å²) in [7, 11) is 0. The predicted octanol–water partition coefficient (Wildman–Crippen LogP) is 4.23. The molecular weight excluding hydrogens is 408 g/mol. The van der Waals surface area contributed by atoms with E-state index in [-0.39, 0.29) is 17.6 Å². The van der Waals surface area contributed by atoms with E-state index in [9.17, 15) is 9.59 Å². The van der Waals surface area contributed by atoms with Crippen molar-refractivity contribution in [3.8, 4) is 5.75 Å². The van der Waals surface area contributed by atoms with Crippen LogP contribution in [0.4, 0.5) is 10.8 Å². The fourth-order valence-corrected chi connectivity index (χ4v) is 3.90. The highest BCUT2D eigenvalue weighted by atomic mass is 32.2. The molecule has 3 rings (SSSR count). The summed E-state index contributed by atoms with van der Waals surface area (Å²) in [6.45, 7) is 4.37. The lowest BCUT2D eigenvalue weighted by atomic mass is 10.1. The van der Waals surface area contributed by atoms with Crippen molar-refractivity contribution >= 4 is 45.7 Å². The second-order valence-electron chi connectivity index (χ2n) is 5.96. The van der Waals surface area contributed by atoms with Gasteiger partial charge in [0.1, 0.15) is 5.75 Å². The molecule has 2 amide bonds. The molecule has 7 nitrogen and oxygen atoms in total. The Bertz CT molecular complexity index is 989. The van der Waals surface area contributed by atoms with E-state index in [0.29, 0.717) is 33.1 Å². The molecule has 0 aliphatic heterocycles. The molecule has 0 saturated carbocycles. The van der Waals surface area contributed by atoms with E-state index in [1.807, 2.05) is 38.1 Å². The molecule has 2 N–H and O–H groups in total. The Morgan fingerprint density at radius 1 is 1.07 bits per heavy atom. The van der Waals surface area contributed by atoms with Crippen LogP contribution in [0.1, 0.15) is 22.8 Å². The quantitative estimate of drug-likeness (QED) is 0.412. The molecule has 1 heterocycles. The van der Waals surface area contributed by atoms with Crippen LogP contribution in [-0.2, 0) is 4.79 Å². The second kappa shape index (κ2) is 10.0. The number of amides is 2. The SMILES string of the molecule is CCOc1ccccc1NC(=O)CSc1nnc(NC(=O)c2ccc(C)cc2)s1. The number of hydrogen-bond acceptors (Lipinski definition) is 7. The molecule has 3 aromatic rings. The van der Waals surface area contributed by atoms with Crippen molar-refractivity contribution < 1.29 is 14.3 Å². The standard InChI is InChI=1S/C20H20N4O3S2/c1-3-27-16-7-5-4-6-15(16)21-17(25)12-28-20-24-23-19(29-20)22-18(26)14-10-8-13(2)9-11-14/h4-11H,3,12H2,1-2H3,(H,21,25)(H,22,23,26). The number of carbonyl (C=O) groups is 2. The number of aryl methyl sites for hydroxylation is 1. The molecule has 0 fully saturated rings. The van der Waals surface area contributed by atoms with E-state index in [4.69, 9.17) is 4.74 Å². The van der Waals surface area contributed by atoms with E-state index < -0.39 is 0 Å². The summed E-state index contributed by atoms with van der Waals surface area (Å²) >= 11 is 2.48. The highest BCUT2D eigenvalue weighted by Gasteiger charge is 2.13. The molecule has 0 bridgehead atoms. The van der Waals surface area contributed by atoms with Gasteiger partial charge in [-0.3, -0.25) is 14.9 Å². The summed E-state index contributed by atoms with van der Waals surface area (Å²) in [5.74, 6) is 0.372. The van der Waals surface area contributed by atoms with E-state index in [0.717, 1.165) is 5.56 Å². The van der Waals surface area contributed by atoms with Crippen molar-refractivity contribution in [1.82, 2.24) is 10.2 Å². The smallest absolute Gasteiger partial charge is 0.257 e. The number of anilines is 2. The van der Waals surface area contributed by atoms with Crippen LogP contribution in [0.25, 0.3) is 0 Å². The van der Waals surface area contributed by atoms with Crippen molar-refractivity contribution in [3.05, 3.63) is 59.7 Å². The maximum Gasteiger partial charge on any atom is 0.257 e. The number of nitrogens with one attached hydrogen (secondary N) is 2. The van der Waals surface area contributed by atoms with Crippen molar-refractivity contribution in [1.29, 1.82) is 0 Å². The largest absolute Gasteiger partial charge is 0.492 e. The number of aromatic nitrogens is 2. The van der Waals surface area contributed by atoms with Crippen LogP contribution in [-0.4, -0.2) is 34.4 Å². The minimum absolute atomic E-state index is 0.168. The Balaban J connectivity index is 1.52. The summed E-state index contributed by atoms with van der Waals surface area (Å²) < 4.78 is 6.10. The topological polar surface area (TPSA) is 93.2 Å². The summed E-state index contributed by atoms with van der Waals surface area (Å²) in [5.41, 5.74) is 2.26. The summed E-state index contributed by atoms with van der Waals surface area (Å²) in [4.78, 5) is 24.5. The first-order valence-electron chi connectivity index (χ1n) is 8.91. The van der Waals surface area contributed by atoms with E-state index in [1.54, 1.807) is 24.3 Å². The number of benzene rings is 2. The first-order valence-corrected chi connectivity index (χ1v) is 10.7. The van der Waals surface area contributed by atoms with Crippen LogP contribution in [0, 0.1) is 6.92 Å². The Kier molecular flexibility index (Phi) is 7.20. The maximum atomic E-state index is 12.2. The van der Waals surface area contributed by atoms with Crippen LogP contribution in [0.2, 0.25) is 0 Å². The van der Waals surface area contributed by atoms with E-state index in [2.05, 4.69) is 20.8 Å². The first-order chi connectivity index (χ1) is 14.0. The van der Waals surface area contributed by atoms with Gasteiger partial charge in [-0.15, -0.1) is 10.2 Å². The molecule has 0 aliphatic rings. The lowest BCUT2D eigenvalue weighted by molar-refractivity contribution is -0.113. The minimum atomic E-state index is -0.247. The Hall–Kier alpha value is -2.91. The number of ether oxygens (including phenoxy) is 1. The molecule has 0 spiro atoms. The lowest BCUT2D eigenvalue weighted by Gasteiger charge is -2.10. The van der Waals surface area contributed by atoms with Gasteiger partial charge in [-0.2, -0.15) is 0 Å². The zero-order valence-electron chi connectivity index (χ0n) is 16.0. The molecule has 1 aromatic heterocycles. The van der Waals surface area contributed by atoms with Crippen molar-refractivity contribution in [2.45, 2.75) is 18.2 Å². The fraction of sp³-hybridized carbons (Fsp3) is 0.200. The van der Waals surface area contributed by atoms with Crippen LogP contribution in [0.5, 0.6) is 5.75 Å². The average molecular weight is 429 g/mol. The molecule has 29 heavy (non-hydrogen) atoms. The average Bonchev–Trinajstić information content (AvgIpc) is 3.16. The first kappa shape index (κ1) is 20.8. The van der Waals surface area contributed by atoms with Gasteiger partial charge in [-0.25, -0.2) is 0 Å². The molecule has 2 aromatic carbocycles. The second-order valence-corrected chi connectivity index (χ2v) is 8.16. The van der Waals surface area contributed by atoms with E-state index >= 15 is 0 Å². The third-order valence-corrected chi connectivity index (χ3v) is 5.70. The minimum Gasteiger partial charge on any atom is -0.492 e. The molecule has 0 radical (unpaired) electrons.